The SMILES string of the molecule is CC(C)(COC1=CCC([N+](=O)[O-])([N+](=O)[O-])C=C1)COC1=CCC([N+](=O)[O-])([N+](=O)[O-])C=C1. The molecule has 0 aromatic carbocycles. The van der Waals surface area contributed by atoms with Gasteiger partial charge in [0.05, 0.1) is 25.4 Å². The summed E-state index contributed by atoms with van der Waals surface area (Å²) in [6.45, 7) is 3.75. The smallest absolute Gasteiger partial charge is 0.481 e. The maximum absolute atomic E-state index is 11.0. The van der Waals surface area contributed by atoms with Crippen molar-refractivity contribution in [1.82, 2.24) is 0 Å². The first-order valence-electron chi connectivity index (χ1n) is 8.97. The van der Waals surface area contributed by atoms with Crippen molar-refractivity contribution in [1.29, 1.82) is 0 Å². The molecule has 0 unspecified atom stereocenters. The molecule has 2 aliphatic carbocycles. The van der Waals surface area contributed by atoms with Gasteiger partial charge in [-0.1, -0.05) is 13.8 Å². The highest BCUT2D eigenvalue weighted by Gasteiger charge is 2.54. The molecule has 0 radical (unpaired) electrons. The lowest BCUT2D eigenvalue weighted by Gasteiger charge is -2.27. The summed E-state index contributed by atoms with van der Waals surface area (Å²) in [5.74, 6) is 0.483. The molecule has 0 spiro atoms. The van der Waals surface area contributed by atoms with Gasteiger partial charge in [0.15, 0.2) is 0 Å². The van der Waals surface area contributed by atoms with Crippen LogP contribution in [-0.4, -0.2) is 44.2 Å². The van der Waals surface area contributed by atoms with Crippen LogP contribution >= 0.6 is 0 Å². The van der Waals surface area contributed by atoms with Gasteiger partial charge in [0.1, 0.15) is 44.1 Å². The summed E-state index contributed by atoms with van der Waals surface area (Å²) in [5.41, 5.74) is -5.41. The van der Waals surface area contributed by atoms with Crippen LogP contribution in [0.25, 0.3) is 0 Å². The molecule has 14 nitrogen and oxygen atoms in total. The van der Waals surface area contributed by atoms with Gasteiger partial charge in [0.2, 0.25) is 0 Å². The minimum Gasteiger partial charge on any atom is -0.493 e. The molecule has 0 N–H and O–H groups in total. The highest BCUT2D eigenvalue weighted by molar-refractivity contribution is 5.22. The number of rotatable bonds is 10. The number of nitro groups is 4. The standard InChI is InChI=1S/C17H20N4O10/c1-15(2,11-30-13-3-7-16(8-4-13,18(22)23)19(24)25)12-31-14-5-9-17(10-6-14,20(26)27)21(28)29/h3-7,9H,8,10-12H2,1-2H3. The molecule has 0 aliphatic heterocycles. The van der Waals surface area contributed by atoms with Crippen LogP contribution in [0.15, 0.2) is 48.0 Å². The second kappa shape index (κ2) is 8.49. The molecule has 0 bridgehead atoms. The first-order valence-corrected chi connectivity index (χ1v) is 8.97. The Morgan fingerprint density at radius 3 is 1.32 bits per heavy atom. The number of allylic oxidation sites excluding steroid dienone is 2. The summed E-state index contributed by atoms with van der Waals surface area (Å²) in [7, 11) is 0. The summed E-state index contributed by atoms with van der Waals surface area (Å²) in [5, 5.41) is 44.1. The maximum Gasteiger partial charge on any atom is 0.481 e. The molecule has 31 heavy (non-hydrogen) atoms. The minimum absolute atomic E-state index is 0.0951. The maximum atomic E-state index is 11.0. The van der Waals surface area contributed by atoms with Crippen molar-refractivity contribution in [3.63, 3.8) is 0 Å². The molecule has 2 aliphatic rings. The van der Waals surface area contributed by atoms with E-state index in [0.717, 1.165) is 12.2 Å². The van der Waals surface area contributed by atoms with Gasteiger partial charge in [-0.3, -0.25) is 40.5 Å². The van der Waals surface area contributed by atoms with E-state index in [0.29, 0.717) is 0 Å². The van der Waals surface area contributed by atoms with Crippen LogP contribution in [0.2, 0.25) is 0 Å². The molecule has 0 aromatic rings. The Morgan fingerprint density at radius 1 is 0.774 bits per heavy atom. The normalized spacial score (nSPS) is 19.0. The third-order valence-corrected chi connectivity index (χ3v) is 4.76. The van der Waals surface area contributed by atoms with Crippen molar-refractivity contribution in [2.45, 2.75) is 38.0 Å². The van der Waals surface area contributed by atoms with Crippen LogP contribution in [0.4, 0.5) is 0 Å². The molecule has 0 saturated carbocycles. The van der Waals surface area contributed by atoms with Crippen LogP contribution in [0, 0.1) is 45.9 Å². The quantitative estimate of drug-likeness (QED) is 0.276. The van der Waals surface area contributed by atoms with E-state index in [2.05, 4.69) is 0 Å². The summed E-state index contributed by atoms with van der Waals surface area (Å²) >= 11 is 0. The second-order valence-corrected chi connectivity index (χ2v) is 7.82. The van der Waals surface area contributed by atoms with E-state index in [-0.39, 0.29) is 24.7 Å². The molecule has 0 fully saturated rings. The molecule has 168 valence electrons. The Morgan fingerprint density at radius 2 is 1.10 bits per heavy atom. The van der Waals surface area contributed by atoms with Gasteiger partial charge in [-0.25, -0.2) is 0 Å². The van der Waals surface area contributed by atoms with Crippen LogP contribution in [0.3, 0.4) is 0 Å². The van der Waals surface area contributed by atoms with Crippen molar-refractivity contribution < 1.29 is 29.2 Å². The highest BCUT2D eigenvalue weighted by Crippen LogP contribution is 2.29. The van der Waals surface area contributed by atoms with Gasteiger partial charge in [-0.05, 0) is 24.3 Å². The Bertz CT molecular complexity index is 818. The lowest BCUT2D eigenvalue weighted by Crippen LogP contribution is -2.45. The zero-order valence-electron chi connectivity index (χ0n) is 16.7. The van der Waals surface area contributed by atoms with Crippen molar-refractivity contribution in [2.75, 3.05) is 13.2 Å². The van der Waals surface area contributed by atoms with Crippen LogP contribution < -0.4 is 0 Å². The van der Waals surface area contributed by atoms with Crippen LogP contribution in [0.5, 0.6) is 0 Å². The molecule has 0 heterocycles. The Balaban J connectivity index is 1.90. The van der Waals surface area contributed by atoms with E-state index in [1.807, 2.05) is 0 Å². The van der Waals surface area contributed by atoms with E-state index in [9.17, 15) is 40.5 Å². The van der Waals surface area contributed by atoms with E-state index in [1.165, 1.54) is 24.3 Å². The third-order valence-electron chi connectivity index (χ3n) is 4.76. The molecule has 2 rings (SSSR count). The Labute approximate surface area is 175 Å². The van der Waals surface area contributed by atoms with E-state index in [4.69, 9.17) is 9.47 Å². The highest BCUT2D eigenvalue weighted by atomic mass is 16.7. The fraction of sp³-hybridized carbons (Fsp3) is 0.529. The van der Waals surface area contributed by atoms with Crippen molar-refractivity contribution >= 4 is 0 Å². The van der Waals surface area contributed by atoms with Gasteiger partial charge in [0, 0.05) is 5.41 Å². The van der Waals surface area contributed by atoms with Crippen LogP contribution in [0.1, 0.15) is 26.7 Å². The summed E-state index contributed by atoms with van der Waals surface area (Å²) in [4.78, 5) is 40.3. The predicted molar refractivity (Wildman–Crippen MR) is 103 cm³/mol. The Hall–Kier alpha value is -3.84. The van der Waals surface area contributed by atoms with Crippen LogP contribution in [-0.2, 0) is 9.47 Å². The zero-order chi connectivity index (χ0) is 23.4. The van der Waals surface area contributed by atoms with E-state index in [1.54, 1.807) is 13.8 Å². The minimum atomic E-state index is -2.41. The lowest BCUT2D eigenvalue weighted by molar-refractivity contribution is -0.780. The van der Waals surface area contributed by atoms with E-state index < -0.39 is 49.3 Å². The van der Waals surface area contributed by atoms with Gasteiger partial charge in [0.25, 0.3) is 0 Å². The van der Waals surface area contributed by atoms with Gasteiger partial charge in [-0.2, -0.15) is 0 Å². The topological polar surface area (TPSA) is 191 Å². The Kier molecular flexibility index (Phi) is 6.42. The van der Waals surface area contributed by atoms with Crippen molar-refractivity contribution in [3.8, 4) is 0 Å². The zero-order valence-corrected chi connectivity index (χ0v) is 16.7. The first-order chi connectivity index (χ1) is 14.3. The lowest BCUT2D eigenvalue weighted by atomic mass is 9.95. The summed E-state index contributed by atoms with van der Waals surface area (Å²) in [6, 6.07) is 0. The number of ether oxygens (including phenoxy) is 2. The van der Waals surface area contributed by atoms with Crippen molar-refractivity contribution in [2.24, 2.45) is 5.41 Å². The average Bonchev–Trinajstić information content (AvgIpc) is 2.71. The van der Waals surface area contributed by atoms with Gasteiger partial charge in [-0.15, -0.1) is 0 Å². The molecule has 0 amide bonds. The summed E-state index contributed by atoms with van der Waals surface area (Å²) < 4.78 is 11.1. The fourth-order valence-electron chi connectivity index (χ4n) is 2.69. The molecule has 14 heteroatoms. The molecular weight excluding hydrogens is 420 g/mol. The summed E-state index contributed by atoms with van der Waals surface area (Å²) in [6.07, 6.45) is 5.72. The molecule has 0 atom stereocenters. The number of hydrogen-bond donors (Lipinski definition) is 0. The monoisotopic (exact) mass is 440 g/mol. The first kappa shape index (κ1) is 23.4. The van der Waals surface area contributed by atoms with Gasteiger partial charge >= 0.3 is 11.3 Å². The molecule has 0 aromatic heterocycles. The molecule has 0 saturated heterocycles. The fourth-order valence-corrected chi connectivity index (χ4v) is 2.69. The predicted octanol–water partition coefficient (Wildman–Crippen LogP) is 2.23. The van der Waals surface area contributed by atoms with Crippen molar-refractivity contribution in [3.05, 3.63) is 88.4 Å². The molecular formula is C17H20N4O10. The third kappa shape index (κ3) is 4.84. The van der Waals surface area contributed by atoms with Gasteiger partial charge < -0.3 is 9.47 Å². The second-order valence-electron chi connectivity index (χ2n) is 7.82. The average molecular weight is 440 g/mol. The largest absolute Gasteiger partial charge is 0.493 e. The number of hydrogen-bond acceptors (Lipinski definition) is 10. The number of nitrogens with zero attached hydrogens (tertiary/aromatic N) is 4. The van der Waals surface area contributed by atoms with E-state index >= 15 is 0 Å².